The Balaban J connectivity index is 1.77. The van der Waals surface area contributed by atoms with E-state index in [9.17, 15) is 4.79 Å². The number of aromatic nitrogens is 3. The molecule has 140 valence electrons. The Bertz CT molecular complexity index is 908. The molecule has 1 amide bonds. The highest BCUT2D eigenvalue weighted by Crippen LogP contribution is 2.27. The zero-order valence-electron chi connectivity index (χ0n) is 15.7. The Kier molecular flexibility index (Phi) is 5.81. The van der Waals surface area contributed by atoms with E-state index in [0.29, 0.717) is 17.5 Å². The van der Waals surface area contributed by atoms with E-state index in [4.69, 9.17) is 5.84 Å². The first-order chi connectivity index (χ1) is 13.0. The van der Waals surface area contributed by atoms with Crippen molar-refractivity contribution in [2.45, 2.75) is 31.2 Å². The summed E-state index contributed by atoms with van der Waals surface area (Å²) in [6, 6.07) is 17.6. The van der Waals surface area contributed by atoms with Gasteiger partial charge in [-0.2, -0.15) is 0 Å². The molecule has 0 aliphatic heterocycles. The Labute approximate surface area is 163 Å². The molecule has 2 aromatic carbocycles. The van der Waals surface area contributed by atoms with E-state index in [-0.39, 0.29) is 11.2 Å². The lowest BCUT2D eigenvalue weighted by Crippen LogP contribution is -2.36. The molecule has 7 heteroatoms. The monoisotopic (exact) mass is 381 g/mol. The van der Waals surface area contributed by atoms with E-state index in [1.54, 1.807) is 4.90 Å². The van der Waals surface area contributed by atoms with Crippen molar-refractivity contribution in [2.24, 2.45) is 0 Å². The minimum atomic E-state index is -0.345. The fourth-order valence-corrected chi connectivity index (χ4v) is 3.59. The first-order valence-corrected chi connectivity index (χ1v) is 9.69. The summed E-state index contributed by atoms with van der Waals surface area (Å²) < 4.78 is 1.44. The van der Waals surface area contributed by atoms with Gasteiger partial charge in [0, 0.05) is 17.8 Å². The SMILES string of the molecule is CCN(C(=O)C(C)Sc1nnc(-c2ccc(C)cc2)n1N)c1ccccc1. The number of para-hydroxylation sites is 1. The van der Waals surface area contributed by atoms with E-state index in [1.165, 1.54) is 16.4 Å². The van der Waals surface area contributed by atoms with Gasteiger partial charge in [-0.05, 0) is 32.9 Å². The lowest BCUT2D eigenvalue weighted by Gasteiger charge is -2.24. The Morgan fingerprint density at radius 2 is 1.81 bits per heavy atom. The summed E-state index contributed by atoms with van der Waals surface area (Å²) in [6.07, 6.45) is 0. The summed E-state index contributed by atoms with van der Waals surface area (Å²) in [7, 11) is 0. The van der Waals surface area contributed by atoms with E-state index < -0.39 is 0 Å². The maximum absolute atomic E-state index is 12.9. The van der Waals surface area contributed by atoms with Crippen LogP contribution in [0.4, 0.5) is 5.69 Å². The van der Waals surface area contributed by atoms with Gasteiger partial charge in [-0.1, -0.05) is 59.8 Å². The largest absolute Gasteiger partial charge is 0.335 e. The second kappa shape index (κ2) is 8.26. The van der Waals surface area contributed by atoms with Crippen molar-refractivity contribution in [3.8, 4) is 11.4 Å². The molecule has 0 aliphatic rings. The van der Waals surface area contributed by atoms with Crippen molar-refractivity contribution in [1.82, 2.24) is 14.9 Å². The summed E-state index contributed by atoms with van der Waals surface area (Å²) in [5.74, 6) is 6.77. The van der Waals surface area contributed by atoms with Crippen LogP contribution >= 0.6 is 11.8 Å². The number of carbonyl (C=O) groups excluding carboxylic acids is 1. The first-order valence-electron chi connectivity index (χ1n) is 8.82. The molecule has 1 aromatic heterocycles. The van der Waals surface area contributed by atoms with Crippen molar-refractivity contribution >= 4 is 23.4 Å². The number of carbonyl (C=O) groups is 1. The second-order valence-corrected chi connectivity index (χ2v) is 7.53. The molecular weight excluding hydrogens is 358 g/mol. The molecule has 0 fully saturated rings. The minimum absolute atomic E-state index is 0.00795. The highest BCUT2D eigenvalue weighted by atomic mass is 32.2. The molecule has 0 bridgehead atoms. The maximum Gasteiger partial charge on any atom is 0.240 e. The molecule has 27 heavy (non-hydrogen) atoms. The molecule has 6 nitrogen and oxygen atoms in total. The average Bonchev–Trinajstić information content (AvgIpc) is 3.04. The van der Waals surface area contributed by atoms with Crippen LogP contribution in [-0.4, -0.2) is 32.6 Å². The van der Waals surface area contributed by atoms with Gasteiger partial charge in [0.2, 0.25) is 11.1 Å². The number of hydrogen-bond donors (Lipinski definition) is 1. The standard InChI is InChI=1S/C20H23N5OS/c1-4-24(17-8-6-5-7-9-17)19(26)15(3)27-20-23-22-18(25(20)21)16-12-10-14(2)11-13-16/h5-13,15H,4,21H2,1-3H3. The topological polar surface area (TPSA) is 77.0 Å². The summed E-state index contributed by atoms with van der Waals surface area (Å²) in [4.78, 5) is 14.7. The van der Waals surface area contributed by atoms with E-state index in [2.05, 4.69) is 10.2 Å². The summed E-state index contributed by atoms with van der Waals surface area (Å²) in [5.41, 5.74) is 2.93. The number of hydrogen-bond acceptors (Lipinski definition) is 5. The lowest BCUT2D eigenvalue weighted by atomic mass is 10.1. The molecule has 2 N–H and O–H groups in total. The number of thioether (sulfide) groups is 1. The number of benzene rings is 2. The molecular formula is C20H23N5OS. The molecule has 0 radical (unpaired) electrons. The quantitative estimate of drug-likeness (QED) is 0.522. The van der Waals surface area contributed by atoms with Crippen molar-refractivity contribution in [2.75, 3.05) is 17.3 Å². The van der Waals surface area contributed by atoms with Crippen molar-refractivity contribution < 1.29 is 4.79 Å². The molecule has 0 spiro atoms. The zero-order valence-corrected chi connectivity index (χ0v) is 16.5. The second-order valence-electron chi connectivity index (χ2n) is 6.22. The highest BCUT2D eigenvalue weighted by molar-refractivity contribution is 8.00. The number of nitrogens with two attached hydrogens (primary N) is 1. The minimum Gasteiger partial charge on any atom is -0.335 e. The number of amides is 1. The zero-order chi connectivity index (χ0) is 19.4. The number of anilines is 1. The third-order valence-corrected chi connectivity index (χ3v) is 5.30. The Morgan fingerprint density at radius 3 is 2.44 bits per heavy atom. The van der Waals surface area contributed by atoms with Crippen LogP contribution in [0, 0.1) is 6.92 Å². The number of nitrogens with zero attached hydrogens (tertiary/aromatic N) is 4. The molecule has 1 heterocycles. The fourth-order valence-electron chi connectivity index (χ4n) is 2.76. The van der Waals surface area contributed by atoms with E-state index >= 15 is 0 Å². The van der Waals surface area contributed by atoms with Crippen LogP contribution < -0.4 is 10.7 Å². The molecule has 0 aliphatic carbocycles. The van der Waals surface area contributed by atoms with Gasteiger partial charge >= 0.3 is 0 Å². The van der Waals surface area contributed by atoms with Crippen LogP contribution in [0.3, 0.4) is 0 Å². The van der Waals surface area contributed by atoms with Crippen molar-refractivity contribution in [1.29, 1.82) is 0 Å². The van der Waals surface area contributed by atoms with Crippen LogP contribution in [0.25, 0.3) is 11.4 Å². The summed E-state index contributed by atoms with van der Waals surface area (Å²) in [5, 5.41) is 8.53. The summed E-state index contributed by atoms with van der Waals surface area (Å²) >= 11 is 1.31. The van der Waals surface area contributed by atoms with Gasteiger partial charge in [0.1, 0.15) is 0 Å². The first kappa shape index (κ1) is 19.0. The number of aryl methyl sites for hydroxylation is 1. The van der Waals surface area contributed by atoms with Gasteiger partial charge in [-0.25, -0.2) is 4.68 Å². The third kappa shape index (κ3) is 4.14. The predicted octanol–water partition coefficient (Wildman–Crippen LogP) is 3.50. The average molecular weight is 382 g/mol. The molecule has 0 saturated heterocycles. The van der Waals surface area contributed by atoms with Gasteiger partial charge < -0.3 is 10.7 Å². The molecule has 3 aromatic rings. The smallest absolute Gasteiger partial charge is 0.240 e. The summed E-state index contributed by atoms with van der Waals surface area (Å²) in [6.45, 7) is 6.44. The normalized spacial score (nSPS) is 12.0. The molecule has 0 saturated carbocycles. The lowest BCUT2D eigenvalue weighted by molar-refractivity contribution is -0.117. The number of nitrogen functional groups attached to an aromatic ring is 1. The maximum atomic E-state index is 12.9. The van der Waals surface area contributed by atoms with Gasteiger partial charge in [0.05, 0.1) is 5.25 Å². The molecule has 1 atom stereocenters. The van der Waals surface area contributed by atoms with Gasteiger partial charge in [0.25, 0.3) is 0 Å². The van der Waals surface area contributed by atoms with E-state index in [0.717, 1.165) is 16.8 Å². The Hall–Kier alpha value is -2.80. The van der Waals surface area contributed by atoms with Crippen molar-refractivity contribution in [3.63, 3.8) is 0 Å². The van der Waals surface area contributed by atoms with Gasteiger partial charge in [0.15, 0.2) is 5.82 Å². The molecule has 1 unspecified atom stereocenters. The van der Waals surface area contributed by atoms with Crippen LogP contribution in [-0.2, 0) is 4.79 Å². The van der Waals surface area contributed by atoms with E-state index in [1.807, 2.05) is 75.4 Å². The van der Waals surface area contributed by atoms with Gasteiger partial charge in [-0.3, -0.25) is 4.79 Å². The van der Waals surface area contributed by atoms with Crippen LogP contribution in [0.2, 0.25) is 0 Å². The van der Waals surface area contributed by atoms with Crippen molar-refractivity contribution in [3.05, 3.63) is 60.2 Å². The molecule has 3 rings (SSSR count). The van der Waals surface area contributed by atoms with Crippen LogP contribution in [0.1, 0.15) is 19.4 Å². The Morgan fingerprint density at radius 1 is 1.15 bits per heavy atom. The predicted molar refractivity (Wildman–Crippen MR) is 110 cm³/mol. The highest BCUT2D eigenvalue weighted by Gasteiger charge is 2.24. The van der Waals surface area contributed by atoms with Crippen LogP contribution in [0.15, 0.2) is 59.8 Å². The fraction of sp³-hybridized carbons (Fsp3) is 0.250. The van der Waals surface area contributed by atoms with Crippen LogP contribution in [0.5, 0.6) is 0 Å². The van der Waals surface area contributed by atoms with Gasteiger partial charge in [-0.15, -0.1) is 10.2 Å². The number of rotatable bonds is 6. The third-order valence-electron chi connectivity index (χ3n) is 4.25.